The lowest BCUT2D eigenvalue weighted by Crippen LogP contribution is -2.43. The Balaban J connectivity index is 0.000000258. The molecule has 4 aromatic carbocycles. The highest BCUT2D eigenvalue weighted by Gasteiger charge is 2.43. The van der Waals surface area contributed by atoms with Crippen LogP contribution in [0.3, 0.4) is 0 Å². The molecule has 4 saturated carbocycles. The van der Waals surface area contributed by atoms with Crippen molar-refractivity contribution >= 4 is 24.8 Å². The first-order valence-electron chi connectivity index (χ1n) is 26.7. The molecule has 8 N–H and O–H groups in total. The Labute approximate surface area is 457 Å². The van der Waals surface area contributed by atoms with Crippen LogP contribution in [0.1, 0.15) is 125 Å². The molecule has 4 aromatic rings. The van der Waals surface area contributed by atoms with Crippen LogP contribution in [0.25, 0.3) is 0 Å². The molecule has 0 spiro atoms. The van der Waals surface area contributed by atoms with Gasteiger partial charge in [-0.3, -0.25) is 0 Å². The summed E-state index contributed by atoms with van der Waals surface area (Å²) in [5.41, 5.74) is 12.5. The van der Waals surface area contributed by atoms with Crippen LogP contribution in [0.5, 0.6) is 23.0 Å². The van der Waals surface area contributed by atoms with Gasteiger partial charge in [0.25, 0.3) is 0 Å². The maximum absolute atomic E-state index is 11.2. The second-order valence-corrected chi connectivity index (χ2v) is 21.4. The van der Waals surface area contributed by atoms with Gasteiger partial charge in [0.2, 0.25) is 0 Å². The smallest absolute Gasteiger partial charge is 0.119 e. The van der Waals surface area contributed by atoms with Gasteiger partial charge in [-0.1, -0.05) is 99.9 Å². The van der Waals surface area contributed by atoms with E-state index in [2.05, 4.69) is 38.0 Å². The van der Waals surface area contributed by atoms with E-state index < -0.39 is 22.4 Å². The largest absolute Gasteiger partial charge is 0.497 e. The Kier molecular flexibility index (Phi) is 27.0. The number of hydrogen-bond donors (Lipinski definition) is 6. The fourth-order valence-electron chi connectivity index (χ4n) is 12.0. The molecule has 0 aliphatic heterocycles. The molecule has 12 nitrogen and oxygen atoms in total. The molecule has 4 aliphatic rings. The predicted molar refractivity (Wildman–Crippen MR) is 305 cm³/mol. The van der Waals surface area contributed by atoms with E-state index in [1.165, 1.54) is 12.8 Å². The van der Waals surface area contributed by atoms with Crippen LogP contribution in [0.4, 0.5) is 0 Å². The van der Waals surface area contributed by atoms with E-state index in [-0.39, 0.29) is 36.6 Å². The van der Waals surface area contributed by atoms with E-state index in [4.69, 9.17) is 30.4 Å². The van der Waals surface area contributed by atoms with Crippen molar-refractivity contribution in [1.82, 2.24) is 9.80 Å². The minimum absolute atomic E-state index is 0. The molecule has 74 heavy (non-hydrogen) atoms. The van der Waals surface area contributed by atoms with Gasteiger partial charge in [-0.15, -0.1) is 24.8 Å². The summed E-state index contributed by atoms with van der Waals surface area (Å²) >= 11 is 0. The van der Waals surface area contributed by atoms with E-state index >= 15 is 0 Å². The van der Waals surface area contributed by atoms with Gasteiger partial charge in [-0.05, 0) is 163 Å². The quantitative estimate of drug-likeness (QED) is 0.0706. The third-order valence-corrected chi connectivity index (χ3v) is 16.2. The highest BCUT2D eigenvalue weighted by Crippen LogP contribution is 2.46. The summed E-state index contributed by atoms with van der Waals surface area (Å²) in [4.78, 5) is 4.34. The molecule has 14 heteroatoms. The summed E-state index contributed by atoms with van der Waals surface area (Å²) in [5, 5.41) is 44.2. The van der Waals surface area contributed by atoms with Crippen molar-refractivity contribution in [3.63, 3.8) is 0 Å². The first-order valence-corrected chi connectivity index (χ1v) is 26.7. The number of nitrogens with two attached hydrogens (primary N) is 2. The van der Waals surface area contributed by atoms with Crippen LogP contribution < -0.4 is 30.4 Å². The van der Waals surface area contributed by atoms with Crippen LogP contribution in [0.2, 0.25) is 0 Å². The summed E-state index contributed by atoms with van der Waals surface area (Å²) in [5.74, 6) is 4.12. The molecular weight excluding hydrogens is 976 g/mol. The molecule has 0 amide bonds. The maximum atomic E-state index is 11.2. The Hall–Kier alpha value is -3.66. The molecule has 416 valence electrons. The molecule has 0 radical (unpaired) electrons. The lowest BCUT2D eigenvalue weighted by molar-refractivity contribution is -0.0621. The number of ether oxygens (including phenoxy) is 4. The summed E-state index contributed by atoms with van der Waals surface area (Å²) in [7, 11) is 14.9. The van der Waals surface area contributed by atoms with Gasteiger partial charge in [0.05, 0.1) is 50.8 Å². The van der Waals surface area contributed by atoms with Crippen molar-refractivity contribution in [2.75, 3.05) is 82.8 Å². The minimum atomic E-state index is -0.776. The van der Waals surface area contributed by atoms with Crippen LogP contribution in [0, 0.1) is 23.7 Å². The zero-order chi connectivity index (χ0) is 52.4. The number of nitrogens with zero attached hydrogens (tertiary/aromatic N) is 2. The molecule has 0 heterocycles. The second kappa shape index (κ2) is 30.9. The maximum Gasteiger partial charge on any atom is 0.119 e. The third kappa shape index (κ3) is 16.7. The molecule has 8 atom stereocenters. The van der Waals surface area contributed by atoms with E-state index in [0.29, 0.717) is 24.9 Å². The summed E-state index contributed by atoms with van der Waals surface area (Å²) in [6, 6.07) is 31.2. The third-order valence-electron chi connectivity index (χ3n) is 16.2. The van der Waals surface area contributed by atoms with Crippen molar-refractivity contribution < 1.29 is 39.4 Å². The number of benzene rings is 4. The van der Waals surface area contributed by atoms with Gasteiger partial charge in [0.15, 0.2) is 0 Å². The number of hydrogen-bond acceptors (Lipinski definition) is 12. The highest BCUT2D eigenvalue weighted by atomic mass is 35.5. The van der Waals surface area contributed by atoms with E-state index in [9.17, 15) is 20.4 Å². The summed E-state index contributed by atoms with van der Waals surface area (Å²) < 4.78 is 21.0. The Bertz CT molecular complexity index is 2070. The predicted octanol–water partition coefficient (Wildman–Crippen LogP) is 10.2. The molecule has 0 saturated heterocycles. The first kappa shape index (κ1) is 64.6. The molecule has 0 aromatic heterocycles. The van der Waals surface area contributed by atoms with E-state index in [1.807, 2.05) is 97.1 Å². The average Bonchev–Trinajstić information content (AvgIpc) is 3.40. The van der Waals surface area contributed by atoms with Crippen molar-refractivity contribution in [2.45, 2.75) is 125 Å². The Morgan fingerprint density at radius 3 is 0.851 bits per heavy atom. The normalized spacial score (nSPS) is 27.5. The average molecular weight is 1070 g/mol. The lowest BCUT2D eigenvalue weighted by Gasteiger charge is -2.41. The number of rotatable bonds is 14. The van der Waals surface area contributed by atoms with Crippen molar-refractivity contribution in [3.8, 4) is 23.0 Å². The zero-order valence-corrected chi connectivity index (χ0v) is 47.6. The second-order valence-electron chi connectivity index (χ2n) is 21.4. The Morgan fingerprint density at radius 2 is 0.635 bits per heavy atom. The monoisotopic (exact) mass is 1070 g/mol. The summed E-state index contributed by atoms with van der Waals surface area (Å²) in [6.07, 6.45) is 16.5. The number of halogens is 2. The standard InChI is InChI=1S/2C16H25NO2.2C14H21NO2.2ClH/c2*1-17(2)12-14-7-4-5-10-16(14,18)13-8-6-9-15(11-13)19-3;2*1-17-13-7-4-6-11(9-13)14(16)8-3-2-5-12(14)10-15;;/h2*6,8-9,11,14,18H,4-5,7,10,12H2,1-3H3;2*4,6-7,9,12,16H,2-3,5,8,10,15H2,1H3;2*1H/t2*14-,16-;2*12-,14-;;/m1111../s1. The van der Waals surface area contributed by atoms with Crippen molar-refractivity contribution in [1.29, 1.82) is 0 Å². The van der Waals surface area contributed by atoms with Gasteiger partial charge < -0.3 is 60.6 Å². The molecule has 0 unspecified atom stereocenters. The van der Waals surface area contributed by atoms with E-state index in [1.54, 1.807) is 28.4 Å². The van der Waals surface area contributed by atoms with Crippen LogP contribution in [0.15, 0.2) is 97.1 Å². The van der Waals surface area contributed by atoms with Crippen molar-refractivity contribution in [2.24, 2.45) is 35.1 Å². The number of methoxy groups -OCH3 is 4. The lowest BCUT2D eigenvalue weighted by atomic mass is 9.71. The van der Waals surface area contributed by atoms with Crippen LogP contribution >= 0.6 is 24.8 Å². The fraction of sp³-hybridized carbons (Fsp3) is 0.600. The molecule has 8 rings (SSSR count). The SMILES string of the molecule is COc1cccc([C@]2(O)CCCC[C@@H]2CN(C)C)c1.COc1cccc([C@]2(O)CCCC[C@@H]2CN(C)C)c1.COc1cccc([C@]2(O)CCCC[C@@H]2CN)c1.COc1cccc([C@]2(O)CCCC[C@@H]2CN)c1.Cl.Cl. The zero-order valence-electron chi connectivity index (χ0n) is 46.0. The van der Waals surface area contributed by atoms with Gasteiger partial charge in [0.1, 0.15) is 23.0 Å². The highest BCUT2D eigenvalue weighted by molar-refractivity contribution is 5.85. The van der Waals surface area contributed by atoms with Crippen molar-refractivity contribution in [3.05, 3.63) is 119 Å². The van der Waals surface area contributed by atoms with Gasteiger partial charge in [-0.2, -0.15) is 0 Å². The molecule has 4 fully saturated rings. The molecule has 0 bridgehead atoms. The van der Waals surface area contributed by atoms with Gasteiger partial charge in [0, 0.05) is 36.8 Å². The van der Waals surface area contributed by atoms with Crippen LogP contribution in [-0.2, 0) is 22.4 Å². The first-order chi connectivity index (χ1) is 34.5. The summed E-state index contributed by atoms with van der Waals surface area (Å²) in [6.45, 7) is 2.92. The fourth-order valence-corrected chi connectivity index (χ4v) is 12.0. The minimum Gasteiger partial charge on any atom is -0.497 e. The van der Waals surface area contributed by atoms with Gasteiger partial charge in [-0.25, -0.2) is 0 Å². The topological polar surface area (TPSA) is 176 Å². The molecule has 4 aliphatic carbocycles. The Morgan fingerprint density at radius 1 is 0.405 bits per heavy atom. The van der Waals surface area contributed by atoms with Gasteiger partial charge >= 0.3 is 0 Å². The number of aliphatic hydroxyl groups is 4. The molecular formula is C60H94Cl2N4O8. The van der Waals surface area contributed by atoms with E-state index in [0.717, 1.165) is 148 Å². The van der Waals surface area contributed by atoms with Crippen LogP contribution in [-0.4, -0.2) is 113 Å².